The molecule has 1 aromatic rings. The molecule has 1 saturated carbocycles. The Hall–Kier alpha value is -1.15. The lowest BCUT2D eigenvalue weighted by Crippen LogP contribution is -2.36. The summed E-state index contributed by atoms with van der Waals surface area (Å²) < 4.78 is 0. The average Bonchev–Trinajstić information content (AvgIpc) is 3.25. The molecule has 3 rings (SSSR count). The van der Waals surface area contributed by atoms with Gasteiger partial charge in [0.15, 0.2) is 0 Å². The van der Waals surface area contributed by atoms with Gasteiger partial charge in [0.1, 0.15) is 0 Å². The van der Waals surface area contributed by atoms with Crippen LogP contribution >= 0.6 is 0 Å². The second-order valence-electron chi connectivity index (χ2n) is 5.62. The van der Waals surface area contributed by atoms with Gasteiger partial charge in [0.2, 0.25) is 0 Å². The van der Waals surface area contributed by atoms with Crippen molar-refractivity contribution in [2.75, 3.05) is 19.6 Å². The third-order valence-electron chi connectivity index (χ3n) is 4.12. The highest BCUT2D eigenvalue weighted by atomic mass is 15.2. The molecule has 0 unspecified atom stereocenters. The molecule has 0 spiro atoms. The molecule has 0 aromatic heterocycles. The SMILES string of the molecule is C(=NCC1CCN(C2CC2)CC1)c1ccccc1. The van der Waals surface area contributed by atoms with Gasteiger partial charge < -0.3 is 4.90 Å². The van der Waals surface area contributed by atoms with Crippen LogP contribution in [0.1, 0.15) is 31.2 Å². The minimum absolute atomic E-state index is 0.806. The van der Waals surface area contributed by atoms with E-state index in [4.69, 9.17) is 0 Å². The molecule has 96 valence electrons. The minimum atomic E-state index is 0.806. The van der Waals surface area contributed by atoms with Crippen LogP contribution in [0, 0.1) is 5.92 Å². The molecular formula is C16H22N2. The van der Waals surface area contributed by atoms with Gasteiger partial charge in [0.25, 0.3) is 0 Å². The van der Waals surface area contributed by atoms with E-state index in [-0.39, 0.29) is 0 Å². The highest BCUT2D eigenvalue weighted by Crippen LogP contribution is 2.30. The maximum Gasteiger partial charge on any atom is 0.0418 e. The number of piperidine rings is 1. The second kappa shape index (κ2) is 5.66. The smallest absolute Gasteiger partial charge is 0.0418 e. The molecule has 1 heterocycles. The van der Waals surface area contributed by atoms with Crippen molar-refractivity contribution in [3.05, 3.63) is 35.9 Å². The van der Waals surface area contributed by atoms with Gasteiger partial charge in [-0.1, -0.05) is 30.3 Å². The van der Waals surface area contributed by atoms with Gasteiger partial charge in [-0.25, -0.2) is 0 Å². The monoisotopic (exact) mass is 242 g/mol. The lowest BCUT2D eigenvalue weighted by Gasteiger charge is -2.31. The summed E-state index contributed by atoms with van der Waals surface area (Å²) in [7, 11) is 0. The summed E-state index contributed by atoms with van der Waals surface area (Å²) in [4.78, 5) is 7.29. The Kier molecular flexibility index (Phi) is 3.75. The minimum Gasteiger partial charge on any atom is -0.300 e. The first-order chi connectivity index (χ1) is 8.92. The van der Waals surface area contributed by atoms with Crippen LogP contribution in [-0.2, 0) is 0 Å². The zero-order valence-electron chi connectivity index (χ0n) is 11.0. The summed E-state index contributed by atoms with van der Waals surface area (Å²) >= 11 is 0. The third kappa shape index (κ3) is 3.20. The van der Waals surface area contributed by atoms with E-state index in [2.05, 4.69) is 34.2 Å². The van der Waals surface area contributed by atoms with Crippen LogP contribution in [0.25, 0.3) is 0 Å². The van der Waals surface area contributed by atoms with Crippen LogP contribution in [0.3, 0.4) is 0 Å². The third-order valence-corrected chi connectivity index (χ3v) is 4.12. The van der Waals surface area contributed by atoms with Crippen LogP contribution in [0.4, 0.5) is 0 Å². The molecule has 0 atom stereocenters. The summed E-state index contributed by atoms with van der Waals surface area (Å²) in [6.07, 6.45) is 7.58. The summed E-state index contributed by atoms with van der Waals surface area (Å²) in [5, 5.41) is 0. The predicted molar refractivity (Wildman–Crippen MR) is 76.2 cm³/mol. The van der Waals surface area contributed by atoms with Crippen molar-refractivity contribution < 1.29 is 0 Å². The Balaban J connectivity index is 1.42. The number of benzene rings is 1. The van der Waals surface area contributed by atoms with Crippen molar-refractivity contribution >= 4 is 6.21 Å². The Bertz CT molecular complexity index is 387. The summed E-state index contributed by atoms with van der Waals surface area (Å²) in [5.41, 5.74) is 1.22. The highest BCUT2D eigenvalue weighted by molar-refractivity contribution is 5.79. The highest BCUT2D eigenvalue weighted by Gasteiger charge is 2.31. The Morgan fingerprint density at radius 1 is 1.06 bits per heavy atom. The second-order valence-corrected chi connectivity index (χ2v) is 5.62. The molecule has 2 fully saturated rings. The van der Waals surface area contributed by atoms with Gasteiger partial charge in [0.05, 0.1) is 0 Å². The van der Waals surface area contributed by atoms with Gasteiger partial charge in [0, 0.05) is 18.8 Å². The first-order valence-corrected chi connectivity index (χ1v) is 7.21. The maximum atomic E-state index is 4.61. The van der Waals surface area contributed by atoms with E-state index >= 15 is 0 Å². The summed E-state index contributed by atoms with van der Waals surface area (Å²) in [5.74, 6) is 0.806. The van der Waals surface area contributed by atoms with Crippen LogP contribution in [0.5, 0.6) is 0 Å². The number of likely N-dealkylation sites (tertiary alicyclic amines) is 1. The van der Waals surface area contributed by atoms with Gasteiger partial charge in [-0.3, -0.25) is 4.99 Å². The molecule has 1 aliphatic carbocycles. The number of hydrogen-bond acceptors (Lipinski definition) is 2. The topological polar surface area (TPSA) is 15.6 Å². The molecule has 0 amide bonds. The van der Waals surface area contributed by atoms with Gasteiger partial charge >= 0.3 is 0 Å². The molecule has 1 aliphatic heterocycles. The van der Waals surface area contributed by atoms with Crippen molar-refractivity contribution in [3.8, 4) is 0 Å². The molecule has 1 aromatic carbocycles. The van der Waals surface area contributed by atoms with Gasteiger partial charge in [-0.2, -0.15) is 0 Å². The van der Waals surface area contributed by atoms with Crippen molar-refractivity contribution in [2.45, 2.75) is 31.7 Å². The van der Waals surface area contributed by atoms with E-state index in [1.807, 2.05) is 12.3 Å². The van der Waals surface area contributed by atoms with Crippen molar-refractivity contribution in [2.24, 2.45) is 10.9 Å². The molecule has 2 heteroatoms. The summed E-state index contributed by atoms with van der Waals surface area (Å²) in [6.45, 7) is 3.61. The fourth-order valence-electron chi connectivity index (χ4n) is 2.79. The normalized spacial score (nSPS) is 22.7. The number of rotatable bonds is 4. The fourth-order valence-corrected chi connectivity index (χ4v) is 2.79. The Labute approximate surface area is 110 Å². The van der Waals surface area contributed by atoms with Crippen molar-refractivity contribution in [1.82, 2.24) is 4.90 Å². The van der Waals surface area contributed by atoms with Crippen molar-refractivity contribution in [3.63, 3.8) is 0 Å². The quantitative estimate of drug-likeness (QED) is 0.741. The average molecular weight is 242 g/mol. The van der Waals surface area contributed by atoms with E-state index in [1.54, 1.807) is 0 Å². The summed E-state index contributed by atoms with van der Waals surface area (Å²) in [6, 6.07) is 11.3. The molecule has 18 heavy (non-hydrogen) atoms. The van der Waals surface area contributed by atoms with Gasteiger partial charge in [-0.15, -0.1) is 0 Å². The molecule has 0 radical (unpaired) electrons. The zero-order valence-corrected chi connectivity index (χ0v) is 11.0. The molecule has 0 bridgehead atoms. The predicted octanol–water partition coefficient (Wildman–Crippen LogP) is 2.98. The molecule has 0 N–H and O–H groups in total. The lowest BCUT2D eigenvalue weighted by atomic mass is 9.97. The number of aliphatic imine (C=N–C) groups is 1. The standard InChI is InChI=1S/C16H22N2/c1-2-4-14(5-3-1)12-17-13-15-8-10-18(11-9-15)16-6-7-16/h1-5,12,15-16H,6-11,13H2. The zero-order chi connectivity index (χ0) is 12.2. The Morgan fingerprint density at radius 3 is 2.44 bits per heavy atom. The largest absolute Gasteiger partial charge is 0.300 e. The van der Waals surface area contributed by atoms with Crippen molar-refractivity contribution in [1.29, 1.82) is 0 Å². The number of nitrogens with zero attached hydrogens (tertiary/aromatic N) is 2. The van der Waals surface area contributed by atoms with E-state index in [0.29, 0.717) is 0 Å². The van der Waals surface area contributed by atoms with E-state index in [9.17, 15) is 0 Å². The number of hydrogen-bond donors (Lipinski definition) is 0. The fraction of sp³-hybridized carbons (Fsp3) is 0.562. The maximum absolute atomic E-state index is 4.61. The first kappa shape index (κ1) is 11.9. The van der Waals surface area contributed by atoms with Crippen LogP contribution < -0.4 is 0 Å². The first-order valence-electron chi connectivity index (χ1n) is 7.21. The van der Waals surface area contributed by atoms with E-state index < -0.39 is 0 Å². The van der Waals surface area contributed by atoms with Crippen LogP contribution in [-0.4, -0.2) is 36.8 Å². The van der Waals surface area contributed by atoms with E-state index in [0.717, 1.165) is 18.5 Å². The van der Waals surface area contributed by atoms with E-state index in [1.165, 1.54) is 44.3 Å². The van der Waals surface area contributed by atoms with Crippen LogP contribution in [0.2, 0.25) is 0 Å². The molecule has 1 saturated heterocycles. The van der Waals surface area contributed by atoms with Crippen LogP contribution in [0.15, 0.2) is 35.3 Å². The molecule has 2 aliphatic rings. The molecular weight excluding hydrogens is 220 g/mol. The Morgan fingerprint density at radius 2 is 1.78 bits per heavy atom. The lowest BCUT2D eigenvalue weighted by molar-refractivity contribution is 0.180. The molecule has 2 nitrogen and oxygen atoms in total. The van der Waals surface area contributed by atoms with Gasteiger partial charge in [-0.05, 0) is 50.3 Å².